The number of unbranched alkanes of at least 4 members (excludes halogenated alkanes) is 2. The third-order valence-corrected chi connectivity index (χ3v) is 6.84. The molecule has 30 heavy (non-hydrogen) atoms. The zero-order chi connectivity index (χ0) is 22.1. The first-order chi connectivity index (χ1) is 14.2. The van der Waals surface area contributed by atoms with Crippen LogP contribution in [-0.2, 0) is 11.0 Å². The molecule has 0 aliphatic heterocycles. The average molecular weight is 451 g/mol. The van der Waals surface area contributed by atoms with Gasteiger partial charge in [0.1, 0.15) is 12.4 Å². The molecule has 4 unspecified atom stereocenters. The number of thioether (sulfide) groups is 1. The predicted octanol–water partition coefficient (Wildman–Crippen LogP) is 4.35. The van der Waals surface area contributed by atoms with Crippen molar-refractivity contribution in [1.29, 1.82) is 0 Å². The van der Waals surface area contributed by atoms with Gasteiger partial charge in [0, 0.05) is 17.4 Å². The number of carbonyl (C=O) groups is 1. The van der Waals surface area contributed by atoms with Gasteiger partial charge in [0.2, 0.25) is 0 Å². The fourth-order valence-electron chi connectivity index (χ4n) is 3.67. The van der Waals surface area contributed by atoms with Crippen LogP contribution in [0.3, 0.4) is 0 Å². The van der Waals surface area contributed by atoms with E-state index in [-0.39, 0.29) is 36.0 Å². The molecule has 4 atom stereocenters. The lowest BCUT2D eigenvalue weighted by Gasteiger charge is -2.23. The third kappa shape index (κ3) is 8.35. The largest absolute Gasteiger partial charge is 0.491 e. The van der Waals surface area contributed by atoms with Crippen LogP contribution < -0.4 is 4.74 Å². The van der Waals surface area contributed by atoms with Crippen LogP contribution in [0.2, 0.25) is 0 Å². The molecule has 5 nitrogen and oxygen atoms in total. The minimum Gasteiger partial charge on any atom is -0.491 e. The molecular formula is C21H29F3O5S. The first kappa shape index (κ1) is 24.8. The van der Waals surface area contributed by atoms with Gasteiger partial charge in [0.05, 0.1) is 17.8 Å². The van der Waals surface area contributed by atoms with E-state index in [1.54, 1.807) is 11.8 Å². The van der Waals surface area contributed by atoms with Gasteiger partial charge in [-0.25, -0.2) is 0 Å². The summed E-state index contributed by atoms with van der Waals surface area (Å²) < 4.78 is 43.5. The Labute approximate surface area is 178 Å². The number of hydrogen-bond acceptors (Lipinski definition) is 5. The fourth-order valence-corrected chi connectivity index (χ4v) is 5.10. The summed E-state index contributed by atoms with van der Waals surface area (Å²) in [6.07, 6.45) is -0.867. The number of hydrogen-bond donors (Lipinski definition) is 3. The second-order valence-electron chi connectivity index (χ2n) is 7.66. The number of aliphatic hydroxyl groups excluding tert-OH is 2. The van der Waals surface area contributed by atoms with Crippen molar-refractivity contribution < 1.29 is 38.0 Å². The highest BCUT2D eigenvalue weighted by atomic mass is 32.2. The van der Waals surface area contributed by atoms with Gasteiger partial charge >= 0.3 is 12.1 Å². The Morgan fingerprint density at radius 1 is 1.23 bits per heavy atom. The summed E-state index contributed by atoms with van der Waals surface area (Å²) in [4.78, 5) is 10.5. The van der Waals surface area contributed by atoms with Gasteiger partial charge < -0.3 is 20.1 Å². The quantitative estimate of drug-likeness (QED) is 0.411. The van der Waals surface area contributed by atoms with Gasteiger partial charge in [0.25, 0.3) is 0 Å². The van der Waals surface area contributed by atoms with Crippen LogP contribution in [0, 0.1) is 5.92 Å². The van der Waals surface area contributed by atoms with E-state index in [2.05, 4.69) is 0 Å². The summed E-state index contributed by atoms with van der Waals surface area (Å²) in [6.45, 7) is -0.108. The molecule has 1 aliphatic carbocycles. The number of carboxylic acids is 1. The molecule has 9 heteroatoms. The molecule has 0 radical (unpaired) electrons. The van der Waals surface area contributed by atoms with E-state index in [1.807, 2.05) is 0 Å². The summed E-state index contributed by atoms with van der Waals surface area (Å²) in [7, 11) is 0. The van der Waals surface area contributed by atoms with Crippen molar-refractivity contribution in [1.82, 2.24) is 0 Å². The zero-order valence-electron chi connectivity index (χ0n) is 16.7. The zero-order valence-corrected chi connectivity index (χ0v) is 17.5. The van der Waals surface area contributed by atoms with Gasteiger partial charge in [0.15, 0.2) is 0 Å². The number of halogens is 3. The Balaban J connectivity index is 1.72. The van der Waals surface area contributed by atoms with Crippen molar-refractivity contribution in [2.75, 3.05) is 12.4 Å². The second kappa shape index (κ2) is 11.8. The summed E-state index contributed by atoms with van der Waals surface area (Å²) in [6, 6.07) is 4.56. The molecular weight excluding hydrogens is 421 g/mol. The number of aliphatic carboxylic acids is 1. The molecule has 1 fully saturated rings. The number of benzene rings is 1. The fraction of sp³-hybridized carbons (Fsp3) is 0.667. The molecule has 2 rings (SSSR count). The highest BCUT2D eigenvalue weighted by Crippen LogP contribution is 2.39. The van der Waals surface area contributed by atoms with Gasteiger partial charge in [-0.05, 0) is 49.8 Å². The summed E-state index contributed by atoms with van der Waals surface area (Å²) in [5.41, 5.74) is -0.796. The minimum atomic E-state index is -4.44. The van der Waals surface area contributed by atoms with Crippen LogP contribution in [0.1, 0.15) is 50.5 Å². The lowest BCUT2D eigenvalue weighted by atomic mass is 9.97. The van der Waals surface area contributed by atoms with Crippen LogP contribution in [0.5, 0.6) is 5.75 Å². The van der Waals surface area contributed by atoms with E-state index < -0.39 is 23.8 Å². The normalized spacial score (nSPS) is 22.8. The number of aliphatic hydroxyl groups is 2. The molecule has 1 aromatic rings. The van der Waals surface area contributed by atoms with Gasteiger partial charge in [-0.3, -0.25) is 4.79 Å². The Morgan fingerprint density at radius 3 is 2.70 bits per heavy atom. The number of carboxylic acid groups (broad SMARTS) is 1. The van der Waals surface area contributed by atoms with Crippen molar-refractivity contribution in [2.24, 2.45) is 5.92 Å². The maximum Gasteiger partial charge on any atom is 0.416 e. The van der Waals surface area contributed by atoms with Crippen molar-refractivity contribution in [3.05, 3.63) is 29.8 Å². The molecule has 1 saturated carbocycles. The van der Waals surface area contributed by atoms with Crippen LogP contribution >= 0.6 is 11.8 Å². The summed E-state index contributed by atoms with van der Waals surface area (Å²) in [5.74, 6) is -0.266. The number of ether oxygens (including phenoxy) is 1. The first-order valence-electron chi connectivity index (χ1n) is 10.2. The number of rotatable bonds is 12. The Bertz CT molecular complexity index is 670. The van der Waals surface area contributed by atoms with Crippen molar-refractivity contribution in [3.8, 4) is 5.75 Å². The van der Waals surface area contributed by atoms with E-state index in [1.165, 1.54) is 12.1 Å². The Morgan fingerprint density at radius 2 is 2.00 bits per heavy atom. The molecule has 0 spiro atoms. The lowest BCUT2D eigenvalue weighted by Crippen LogP contribution is -2.25. The smallest absolute Gasteiger partial charge is 0.416 e. The highest BCUT2D eigenvalue weighted by molar-refractivity contribution is 7.99. The van der Waals surface area contributed by atoms with Crippen LogP contribution in [0.15, 0.2) is 24.3 Å². The average Bonchev–Trinajstić information content (AvgIpc) is 3.03. The van der Waals surface area contributed by atoms with E-state index in [0.717, 1.165) is 37.8 Å². The predicted molar refractivity (Wildman–Crippen MR) is 109 cm³/mol. The van der Waals surface area contributed by atoms with Crippen molar-refractivity contribution in [3.63, 3.8) is 0 Å². The van der Waals surface area contributed by atoms with Gasteiger partial charge in [-0.15, -0.1) is 0 Å². The van der Waals surface area contributed by atoms with Gasteiger partial charge in [-0.1, -0.05) is 18.9 Å². The molecule has 0 amide bonds. The van der Waals surface area contributed by atoms with Crippen molar-refractivity contribution >= 4 is 17.7 Å². The molecule has 3 N–H and O–H groups in total. The molecule has 1 aliphatic rings. The number of alkyl halides is 3. The van der Waals surface area contributed by atoms with Crippen LogP contribution in [0.25, 0.3) is 0 Å². The molecule has 0 saturated heterocycles. The molecule has 0 aromatic heterocycles. The van der Waals surface area contributed by atoms with E-state index >= 15 is 0 Å². The van der Waals surface area contributed by atoms with Crippen LogP contribution in [0.4, 0.5) is 13.2 Å². The molecule has 1 aromatic carbocycles. The minimum absolute atomic E-state index is 0.0596. The van der Waals surface area contributed by atoms with E-state index in [0.29, 0.717) is 18.6 Å². The SMILES string of the molecule is O=C(O)CCCCCC1C(O)CCC1SCC(O)COc1cccc(C(F)(F)F)c1. The summed E-state index contributed by atoms with van der Waals surface area (Å²) >= 11 is 1.55. The first-order valence-corrected chi connectivity index (χ1v) is 11.2. The molecule has 170 valence electrons. The van der Waals surface area contributed by atoms with E-state index in [4.69, 9.17) is 9.84 Å². The standard InChI is InChI=1S/C21H29F3O5S/c22-21(23,24)14-5-4-6-16(11-14)29-12-15(25)13-30-19-10-9-18(26)17(19)7-2-1-3-8-20(27)28/h4-6,11,15,17-19,25-26H,1-3,7-10,12-13H2,(H,27,28). The van der Waals surface area contributed by atoms with Gasteiger partial charge in [-0.2, -0.15) is 24.9 Å². The Hall–Kier alpha value is -1.45. The maximum atomic E-state index is 12.7. The van der Waals surface area contributed by atoms with E-state index in [9.17, 15) is 28.2 Å². The second-order valence-corrected chi connectivity index (χ2v) is 8.94. The highest BCUT2D eigenvalue weighted by Gasteiger charge is 2.35. The monoisotopic (exact) mass is 450 g/mol. The van der Waals surface area contributed by atoms with Crippen LogP contribution in [-0.4, -0.2) is 51.1 Å². The van der Waals surface area contributed by atoms with Crippen molar-refractivity contribution in [2.45, 2.75) is 68.6 Å². The summed E-state index contributed by atoms with van der Waals surface area (Å²) in [5, 5.41) is 29.3. The molecule has 0 heterocycles. The topological polar surface area (TPSA) is 87.0 Å². The lowest BCUT2D eigenvalue weighted by molar-refractivity contribution is -0.138. The molecule has 0 bridgehead atoms. The Kier molecular flexibility index (Phi) is 9.77. The maximum absolute atomic E-state index is 12.7. The third-order valence-electron chi connectivity index (χ3n) is 5.25.